The molecule has 4 rings (SSSR count). The summed E-state index contributed by atoms with van der Waals surface area (Å²) >= 11 is 0. The van der Waals surface area contributed by atoms with Crippen LogP contribution in [-0.4, -0.2) is 39.0 Å². The van der Waals surface area contributed by atoms with Gasteiger partial charge in [-0.15, -0.1) is 0 Å². The Labute approximate surface area is 153 Å². The number of nitrogens with zero attached hydrogens (tertiary/aromatic N) is 4. The zero-order valence-electron chi connectivity index (χ0n) is 14.5. The second-order valence-corrected chi connectivity index (χ2v) is 6.65. The van der Waals surface area contributed by atoms with Gasteiger partial charge in [-0.1, -0.05) is 12.1 Å². The van der Waals surface area contributed by atoms with Crippen molar-refractivity contribution in [3.63, 3.8) is 0 Å². The molecule has 8 heteroatoms. The largest absolute Gasteiger partial charge is 0.339 e. The van der Waals surface area contributed by atoms with Crippen LogP contribution >= 0.6 is 0 Å². The zero-order chi connectivity index (χ0) is 19.0. The number of pyridine rings is 1. The Morgan fingerprint density at radius 3 is 2.70 bits per heavy atom. The number of benzene rings is 1. The Kier molecular flexibility index (Phi) is 4.39. The highest BCUT2D eigenvalue weighted by atomic mass is 19.1. The van der Waals surface area contributed by atoms with Crippen LogP contribution in [0.2, 0.25) is 0 Å². The summed E-state index contributed by atoms with van der Waals surface area (Å²) in [7, 11) is 0. The summed E-state index contributed by atoms with van der Waals surface area (Å²) in [5.41, 5.74) is 0.725. The number of carbonyl (C=O) groups is 1. The summed E-state index contributed by atoms with van der Waals surface area (Å²) in [4.78, 5) is 22.6. The lowest BCUT2D eigenvalue weighted by Crippen LogP contribution is -2.29. The first-order valence-electron chi connectivity index (χ1n) is 8.50. The Balaban J connectivity index is 1.53. The predicted octanol–water partition coefficient (Wildman–Crippen LogP) is 3.29. The van der Waals surface area contributed by atoms with Gasteiger partial charge in [0.1, 0.15) is 11.6 Å². The van der Waals surface area contributed by atoms with Gasteiger partial charge in [-0.3, -0.25) is 9.78 Å². The second-order valence-electron chi connectivity index (χ2n) is 6.65. The van der Waals surface area contributed by atoms with Crippen molar-refractivity contribution in [3.8, 4) is 11.4 Å². The average molecular weight is 370 g/mol. The van der Waals surface area contributed by atoms with Crippen LogP contribution in [0.5, 0.6) is 0 Å². The van der Waals surface area contributed by atoms with Crippen LogP contribution in [0.4, 0.5) is 8.78 Å². The van der Waals surface area contributed by atoms with Gasteiger partial charge in [0.05, 0.1) is 5.92 Å². The van der Waals surface area contributed by atoms with Crippen LogP contribution in [0.15, 0.2) is 47.2 Å². The predicted molar refractivity (Wildman–Crippen MR) is 91.7 cm³/mol. The van der Waals surface area contributed by atoms with Crippen molar-refractivity contribution in [2.75, 3.05) is 13.1 Å². The van der Waals surface area contributed by atoms with Gasteiger partial charge in [-0.2, -0.15) is 4.98 Å². The molecular weight excluding hydrogens is 354 g/mol. The number of halogens is 2. The topological polar surface area (TPSA) is 72.1 Å². The Morgan fingerprint density at radius 2 is 2.00 bits per heavy atom. The minimum absolute atomic E-state index is 0.0121. The van der Waals surface area contributed by atoms with E-state index in [4.69, 9.17) is 4.52 Å². The normalized spacial score (nSPS) is 19.4. The Morgan fingerprint density at radius 1 is 1.22 bits per heavy atom. The molecule has 1 fully saturated rings. The number of amides is 1. The first-order valence-corrected chi connectivity index (χ1v) is 8.50. The third-order valence-electron chi connectivity index (χ3n) is 4.69. The number of hydrogen-bond donors (Lipinski definition) is 0. The van der Waals surface area contributed by atoms with E-state index in [2.05, 4.69) is 15.1 Å². The summed E-state index contributed by atoms with van der Waals surface area (Å²) in [5, 5.41) is 3.99. The first kappa shape index (κ1) is 17.3. The molecule has 1 amide bonds. The van der Waals surface area contributed by atoms with E-state index in [0.717, 1.165) is 23.8 Å². The van der Waals surface area contributed by atoms with Crippen molar-refractivity contribution in [2.45, 2.75) is 12.8 Å². The molecule has 138 valence electrons. The molecule has 0 spiro atoms. The highest BCUT2D eigenvalue weighted by Gasteiger charge is 2.37. The summed E-state index contributed by atoms with van der Waals surface area (Å²) in [6.45, 7) is 2.75. The number of likely N-dealkylation sites (tertiary alicyclic amines) is 1. The smallest absolute Gasteiger partial charge is 0.254 e. The lowest BCUT2D eigenvalue weighted by molar-refractivity contribution is 0.0785. The molecule has 0 N–H and O–H groups in total. The SMILES string of the molecule is C[C@H]1CN(C(=O)c2cc(F)cc(F)c2)C[C@@H]1c1nc(-c2cccnc2)no1. The van der Waals surface area contributed by atoms with Crippen molar-refractivity contribution in [2.24, 2.45) is 5.92 Å². The number of rotatable bonds is 3. The molecule has 1 aliphatic heterocycles. The van der Waals surface area contributed by atoms with E-state index in [1.807, 2.05) is 13.0 Å². The molecule has 3 aromatic rings. The minimum Gasteiger partial charge on any atom is -0.339 e. The maximum Gasteiger partial charge on any atom is 0.254 e. The van der Waals surface area contributed by atoms with Crippen LogP contribution in [-0.2, 0) is 0 Å². The van der Waals surface area contributed by atoms with Crippen molar-refractivity contribution in [1.29, 1.82) is 0 Å². The fourth-order valence-electron chi connectivity index (χ4n) is 3.31. The van der Waals surface area contributed by atoms with Crippen molar-refractivity contribution in [3.05, 3.63) is 65.8 Å². The fraction of sp³-hybridized carbons (Fsp3) is 0.263. The van der Waals surface area contributed by atoms with Crippen molar-refractivity contribution in [1.82, 2.24) is 20.0 Å². The molecule has 0 aliphatic carbocycles. The molecule has 3 heterocycles. The highest BCUT2D eigenvalue weighted by molar-refractivity contribution is 5.94. The van der Waals surface area contributed by atoms with Crippen LogP contribution < -0.4 is 0 Å². The van der Waals surface area contributed by atoms with Crippen LogP contribution in [0, 0.1) is 17.6 Å². The number of hydrogen-bond acceptors (Lipinski definition) is 5. The Bertz CT molecular complexity index is 957. The lowest BCUT2D eigenvalue weighted by Gasteiger charge is -2.16. The quantitative estimate of drug-likeness (QED) is 0.707. The lowest BCUT2D eigenvalue weighted by atomic mass is 9.98. The van der Waals surface area contributed by atoms with E-state index in [0.29, 0.717) is 24.8 Å². The molecule has 0 radical (unpaired) electrons. The van der Waals surface area contributed by atoms with Crippen LogP contribution in [0.1, 0.15) is 29.1 Å². The van der Waals surface area contributed by atoms with E-state index in [9.17, 15) is 13.6 Å². The zero-order valence-corrected chi connectivity index (χ0v) is 14.5. The van der Waals surface area contributed by atoms with Gasteiger partial charge in [-0.25, -0.2) is 8.78 Å². The van der Waals surface area contributed by atoms with Gasteiger partial charge in [0.2, 0.25) is 11.7 Å². The molecule has 2 atom stereocenters. The molecule has 0 bridgehead atoms. The molecule has 0 unspecified atom stereocenters. The second kappa shape index (κ2) is 6.86. The molecular formula is C19H16F2N4O2. The highest BCUT2D eigenvalue weighted by Crippen LogP contribution is 2.33. The first-order chi connectivity index (χ1) is 13.0. The standard InChI is InChI=1S/C19H16F2N4O2/c1-11-9-25(19(26)13-5-14(20)7-15(21)6-13)10-16(11)18-23-17(24-27-18)12-3-2-4-22-8-12/h2-8,11,16H,9-10H2,1H3/t11-,16-/m0/s1. The Hall–Kier alpha value is -3.16. The molecule has 6 nitrogen and oxygen atoms in total. The monoisotopic (exact) mass is 370 g/mol. The van der Waals surface area contributed by atoms with Crippen molar-refractivity contribution < 1.29 is 18.1 Å². The van der Waals surface area contributed by atoms with Gasteiger partial charge in [0.15, 0.2) is 0 Å². The van der Waals surface area contributed by atoms with E-state index in [1.165, 1.54) is 0 Å². The molecule has 2 aromatic heterocycles. The molecule has 0 saturated carbocycles. The number of aromatic nitrogens is 3. The summed E-state index contributed by atoms with van der Waals surface area (Å²) in [5.74, 6) is -1.20. The summed E-state index contributed by atoms with van der Waals surface area (Å²) in [6, 6.07) is 6.42. The van der Waals surface area contributed by atoms with Gasteiger partial charge in [0.25, 0.3) is 5.91 Å². The van der Waals surface area contributed by atoms with Gasteiger partial charge in [0, 0.05) is 42.7 Å². The molecule has 27 heavy (non-hydrogen) atoms. The minimum atomic E-state index is -0.778. The summed E-state index contributed by atoms with van der Waals surface area (Å²) in [6.07, 6.45) is 3.29. The summed E-state index contributed by atoms with van der Waals surface area (Å²) < 4.78 is 32.2. The van der Waals surface area contributed by atoms with Crippen LogP contribution in [0.25, 0.3) is 11.4 Å². The van der Waals surface area contributed by atoms with E-state index in [1.54, 1.807) is 23.4 Å². The van der Waals surface area contributed by atoms with E-state index < -0.39 is 17.5 Å². The fourth-order valence-corrected chi connectivity index (χ4v) is 3.31. The maximum atomic E-state index is 13.4. The van der Waals surface area contributed by atoms with E-state index >= 15 is 0 Å². The van der Waals surface area contributed by atoms with Crippen molar-refractivity contribution >= 4 is 5.91 Å². The number of carbonyl (C=O) groups excluding carboxylic acids is 1. The molecule has 1 aromatic carbocycles. The van der Waals surface area contributed by atoms with Crippen LogP contribution in [0.3, 0.4) is 0 Å². The molecule has 1 aliphatic rings. The third-order valence-corrected chi connectivity index (χ3v) is 4.69. The van der Waals surface area contributed by atoms with Gasteiger partial charge < -0.3 is 9.42 Å². The average Bonchev–Trinajstić information content (AvgIpc) is 3.27. The van der Waals surface area contributed by atoms with Gasteiger partial charge in [-0.05, 0) is 30.2 Å². The maximum absolute atomic E-state index is 13.4. The molecule has 1 saturated heterocycles. The van der Waals surface area contributed by atoms with Gasteiger partial charge >= 0.3 is 0 Å². The third kappa shape index (κ3) is 3.42. The van der Waals surface area contributed by atoms with E-state index in [-0.39, 0.29) is 17.4 Å².